The van der Waals surface area contributed by atoms with E-state index in [1.54, 1.807) is 11.0 Å². The standard InChI is InChI=1S/C28H39N3O4/c1-3-15-31(23-14-13-19(2)29-18-24(23)32)28(34)22(16-20-9-5-4-6-10-20)30-27(33)26-17-21-11-7-8-12-25(21)35-26/h7-8,11-12,17,19-20,22-23,29H,3-6,9-10,13-16,18H2,1-2H3,(H,30,33)/t19-,22+,23+/m1/s1. The summed E-state index contributed by atoms with van der Waals surface area (Å²) in [6.45, 7) is 4.87. The van der Waals surface area contributed by atoms with E-state index in [0.29, 0.717) is 30.9 Å². The highest BCUT2D eigenvalue weighted by molar-refractivity contribution is 5.99. The Bertz CT molecular complexity index is 993. The molecule has 35 heavy (non-hydrogen) atoms. The second kappa shape index (κ2) is 11.8. The topological polar surface area (TPSA) is 91.7 Å². The lowest BCUT2D eigenvalue weighted by Crippen LogP contribution is -2.55. The van der Waals surface area contributed by atoms with E-state index in [4.69, 9.17) is 4.42 Å². The number of ketones is 1. The molecule has 1 aliphatic carbocycles. The molecule has 0 radical (unpaired) electrons. The summed E-state index contributed by atoms with van der Waals surface area (Å²) >= 11 is 0. The number of nitrogens with one attached hydrogen (secondary N) is 2. The first-order chi connectivity index (χ1) is 17.0. The van der Waals surface area contributed by atoms with Crippen LogP contribution in [0.15, 0.2) is 34.7 Å². The molecule has 0 unspecified atom stereocenters. The minimum Gasteiger partial charge on any atom is -0.451 e. The van der Waals surface area contributed by atoms with Gasteiger partial charge in [0.2, 0.25) is 5.91 Å². The Kier molecular flexibility index (Phi) is 8.60. The molecule has 2 aliphatic rings. The number of Topliss-reactive ketones (excluding diaryl/α,β-unsaturated/α-hetero) is 1. The lowest BCUT2D eigenvalue weighted by molar-refractivity contribution is -0.141. The molecule has 0 spiro atoms. The Balaban J connectivity index is 1.57. The second-order valence-electron chi connectivity index (χ2n) is 10.3. The average Bonchev–Trinajstić information content (AvgIpc) is 3.24. The van der Waals surface area contributed by atoms with Crippen LogP contribution in [0.25, 0.3) is 11.0 Å². The number of amides is 2. The van der Waals surface area contributed by atoms with Crippen molar-refractivity contribution in [2.45, 2.75) is 89.8 Å². The Hall–Kier alpha value is -2.67. The number of para-hydroxylation sites is 1. The lowest BCUT2D eigenvalue weighted by atomic mass is 9.84. The highest BCUT2D eigenvalue weighted by Crippen LogP contribution is 2.29. The van der Waals surface area contributed by atoms with Crippen molar-refractivity contribution in [3.8, 4) is 0 Å². The highest BCUT2D eigenvalue weighted by atomic mass is 16.3. The van der Waals surface area contributed by atoms with Crippen LogP contribution in [-0.2, 0) is 9.59 Å². The van der Waals surface area contributed by atoms with Gasteiger partial charge in [-0.05, 0) is 50.7 Å². The van der Waals surface area contributed by atoms with Crippen LogP contribution < -0.4 is 10.6 Å². The van der Waals surface area contributed by atoms with Crippen LogP contribution in [0.5, 0.6) is 0 Å². The third kappa shape index (κ3) is 6.31. The van der Waals surface area contributed by atoms with Crippen LogP contribution in [0, 0.1) is 5.92 Å². The molecule has 2 aromatic rings. The van der Waals surface area contributed by atoms with Gasteiger partial charge in [-0.3, -0.25) is 14.4 Å². The van der Waals surface area contributed by atoms with E-state index >= 15 is 0 Å². The van der Waals surface area contributed by atoms with Gasteiger partial charge in [-0.25, -0.2) is 0 Å². The maximum absolute atomic E-state index is 14.0. The minimum absolute atomic E-state index is 0.0520. The molecule has 2 heterocycles. The van der Waals surface area contributed by atoms with Gasteiger partial charge < -0.3 is 20.0 Å². The molecule has 1 saturated heterocycles. The molecule has 4 rings (SSSR count). The fourth-order valence-corrected chi connectivity index (χ4v) is 5.55. The molecule has 190 valence electrons. The first-order valence-corrected chi connectivity index (χ1v) is 13.3. The summed E-state index contributed by atoms with van der Waals surface area (Å²) in [5.41, 5.74) is 0.645. The first-order valence-electron chi connectivity index (χ1n) is 13.3. The molecular formula is C28H39N3O4. The van der Waals surface area contributed by atoms with Crippen molar-refractivity contribution in [3.63, 3.8) is 0 Å². The summed E-state index contributed by atoms with van der Waals surface area (Å²) in [5.74, 6) is 0.127. The summed E-state index contributed by atoms with van der Waals surface area (Å²) < 4.78 is 5.77. The molecule has 1 aromatic carbocycles. The Morgan fingerprint density at radius 2 is 1.91 bits per heavy atom. The van der Waals surface area contributed by atoms with Gasteiger partial charge in [0.05, 0.1) is 12.6 Å². The number of hydrogen-bond donors (Lipinski definition) is 2. The number of carbonyl (C=O) groups is 3. The van der Waals surface area contributed by atoms with Crippen LogP contribution >= 0.6 is 0 Å². The minimum atomic E-state index is -0.674. The van der Waals surface area contributed by atoms with Gasteiger partial charge in [0, 0.05) is 18.0 Å². The van der Waals surface area contributed by atoms with Crippen LogP contribution in [0.4, 0.5) is 0 Å². The molecule has 2 N–H and O–H groups in total. The van der Waals surface area contributed by atoms with Crippen LogP contribution in [-0.4, -0.2) is 53.7 Å². The Morgan fingerprint density at radius 1 is 1.14 bits per heavy atom. The molecule has 7 nitrogen and oxygen atoms in total. The van der Waals surface area contributed by atoms with Crippen molar-refractivity contribution in [2.75, 3.05) is 13.1 Å². The first kappa shape index (κ1) is 25.4. The van der Waals surface area contributed by atoms with E-state index < -0.39 is 12.1 Å². The van der Waals surface area contributed by atoms with Gasteiger partial charge >= 0.3 is 0 Å². The molecule has 1 saturated carbocycles. The number of fused-ring (bicyclic) bond motifs is 1. The number of hydrogen-bond acceptors (Lipinski definition) is 5. The van der Waals surface area contributed by atoms with Gasteiger partial charge in [-0.1, -0.05) is 57.2 Å². The fraction of sp³-hybridized carbons (Fsp3) is 0.607. The van der Waals surface area contributed by atoms with Gasteiger partial charge in [0.1, 0.15) is 11.6 Å². The summed E-state index contributed by atoms with van der Waals surface area (Å²) in [6, 6.07) is 8.33. The number of benzene rings is 1. The van der Waals surface area contributed by atoms with Crippen molar-refractivity contribution < 1.29 is 18.8 Å². The van der Waals surface area contributed by atoms with Crippen molar-refractivity contribution in [2.24, 2.45) is 5.92 Å². The van der Waals surface area contributed by atoms with Crippen molar-refractivity contribution in [3.05, 3.63) is 36.1 Å². The van der Waals surface area contributed by atoms with Crippen molar-refractivity contribution >= 4 is 28.6 Å². The third-order valence-electron chi connectivity index (χ3n) is 7.54. The smallest absolute Gasteiger partial charge is 0.287 e. The largest absolute Gasteiger partial charge is 0.451 e. The summed E-state index contributed by atoms with van der Waals surface area (Å²) in [7, 11) is 0. The van der Waals surface area contributed by atoms with E-state index in [9.17, 15) is 14.4 Å². The zero-order chi connectivity index (χ0) is 24.8. The lowest BCUT2D eigenvalue weighted by Gasteiger charge is -2.35. The summed E-state index contributed by atoms with van der Waals surface area (Å²) in [5, 5.41) is 7.11. The van der Waals surface area contributed by atoms with E-state index in [2.05, 4.69) is 17.6 Å². The fourth-order valence-electron chi connectivity index (χ4n) is 5.55. The third-order valence-corrected chi connectivity index (χ3v) is 7.54. The van der Waals surface area contributed by atoms with Gasteiger partial charge in [-0.2, -0.15) is 0 Å². The normalized spacial score (nSPS) is 22.5. The van der Waals surface area contributed by atoms with E-state index in [-0.39, 0.29) is 35.9 Å². The Morgan fingerprint density at radius 3 is 2.66 bits per heavy atom. The Labute approximate surface area is 208 Å². The van der Waals surface area contributed by atoms with E-state index in [1.165, 1.54) is 6.42 Å². The molecule has 1 aliphatic heterocycles. The molecule has 2 amide bonds. The maximum atomic E-state index is 14.0. The van der Waals surface area contributed by atoms with Crippen LogP contribution in [0.3, 0.4) is 0 Å². The average molecular weight is 482 g/mol. The molecular weight excluding hydrogens is 442 g/mol. The monoisotopic (exact) mass is 481 g/mol. The van der Waals surface area contributed by atoms with Crippen LogP contribution in [0.1, 0.15) is 82.2 Å². The molecule has 3 atom stereocenters. The summed E-state index contributed by atoms with van der Waals surface area (Å²) in [4.78, 5) is 42.0. The van der Waals surface area contributed by atoms with Gasteiger partial charge in [0.15, 0.2) is 11.5 Å². The van der Waals surface area contributed by atoms with Crippen molar-refractivity contribution in [1.29, 1.82) is 0 Å². The second-order valence-corrected chi connectivity index (χ2v) is 10.3. The molecule has 1 aromatic heterocycles. The number of carbonyl (C=O) groups excluding carboxylic acids is 3. The molecule has 7 heteroatoms. The summed E-state index contributed by atoms with van der Waals surface area (Å²) in [6.07, 6.45) is 8.52. The zero-order valence-electron chi connectivity index (χ0n) is 21.1. The van der Waals surface area contributed by atoms with E-state index in [1.807, 2.05) is 31.2 Å². The zero-order valence-corrected chi connectivity index (χ0v) is 21.1. The quantitative estimate of drug-likeness (QED) is 0.581. The highest BCUT2D eigenvalue weighted by Gasteiger charge is 2.36. The maximum Gasteiger partial charge on any atom is 0.287 e. The van der Waals surface area contributed by atoms with Crippen LogP contribution in [0.2, 0.25) is 0 Å². The molecule has 2 fully saturated rings. The van der Waals surface area contributed by atoms with Gasteiger partial charge in [0.25, 0.3) is 5.91 Å². The predicted octanol–water partition coefficient (Wildman–Crippen LogP) is 4.45. The number of rotatable bonds is 8. The molecule has 0 bridgehead atoms. The number of furan rings is 1. The predicted molar refractivity (Wildman–Crippen MR) is 136 cm³/mol. The SMILES string of the molecule is CCCN(C(=O)[C@H](CC1CCCCC1)NC(=O)c1cc2ccccc2o1)[C@H]1CC[C@@H](C)NCC1=O. The van der Waals surface area contributed by atoms with Crippen molar-refractivity contribution in [1.82, 2.24) is 15.5 Å². The van der Waals surface area contributed by atoms with Gasteiger partial charge in [-0.15, -0.1) is 0 Å². The van der Waals surface area contributed by atoms with E-state index in [0.717, 1.165) is 43.9 Å². The number of nitrogens with zero attached hydrogens (tertiary/aromatic N) is 1.